The van der Waals surface area contributed by atoms with Crippen LogP contribution in [0.15, 0.2) is 29.2 Å². The molecule has 136 valence electrons. The number of nitrogens with zero attached hydrogens (tertiary/aromatic N) is 3. The molecule has 0 saturated carbocycles. The Morgan fingerprint density at radius 2 is 1.92 bits per heavy atom. The van der Waals surface area contributed by atoms with Gasteiger partial charge in [-0.25, -0.2) is 32.2 Å². The number of carbonyl (C=O) groups excluding carboxylic acids is 1. The predicted octanol–water partition coefficient (Wildman–Crippen LogP) is 2.99. The van der Waals surface area contributed by atoms with Crippen LogP contribution in [0.5, 0.6) is 0 Å². The van der Waals surface area contributed by atoms with Gasteiger partial charge in [0.1, 0.15) is 17.2 Å². The number of rotatable bonds is 4. The van der Waals surface area contributed by atoms with Crippen molar-refractivity contribution in [3.63, 3.8) is 0 Å². The Labute approximate surface area is 151 Å². The van der Waals surface area contributed by atoms with Gasteiger partial charge in [0.15, 0.2) is 15.0 Å². The highest BCUT2D eigenvalue weighted by Gasteiger charge is 2.17. The van der Waals surface area contributed by atoms with Crippen LogP contribution in [0.3, 0.4) is 0 Å². The van der Waals surface area contributed by atoms with Gasteiger partial charge in [-0.05, 0) is 31.2 Å². The molecule has 0 aliphatic rings. The summed E-state index contributed by atoms with van der Waals surface area (Å²) in [5.41, 5.74) is -0.238. The Bertz CT molecular complexity index is 1110. The van der Waals surface area contributed by atoms with E-state index < -0.39 is 27.9 Å². The zero-order chi connectivity index (χ0) is 19.1. The molecule has 0 aliphatic heterocycles. The smallest absolute Gasteiger partial charge is 0.280 e. The summed E-state index contributed by atoms with van der Waals surface area (Å²) in [4.78, 5) is 24.0. The molecule has 1 amide bonds. The first-order chi connectivity index (χ1) is 12.1. The molecule has 0 aliphatic carbocycles. The first kappa shape index (κ1) is 18.3. The van der Waals surface area contributed by atoms with Gasteiger partial charge in [0, 0.05) is 6.26 Å². The standard InChI is InChI=1S/C15H12F2N4O3S2/c1-7-18-10(13(16)17)6-11(19-7)14(22)21-15-20-9-4-3-8(26(2,23)24)5-12(9)25-15/h3-6,13H,1-2H3,(H,20,21,22). The second-order valence-corrected chi connectivity index (χ2v) is 8.45. The van der Waals surface area contributed by atoms with Crippen molar-refractivity contribution in [3.8, 4) is 0 Å². The van der Waals surface area contributed by atoms with E-state index in [1.54, 1.807) is 0 Å². The normalized spacial score (nSPS) is 11.9. The quantitative estimate of drug-likeness (QED) is 0.725. The highest BCUT2D eigenvalue weighted by molar-refractivity contribution is 7.90. The first-order valence-corrected chi connectivity index (χ1v) is 9.90. The maximum absolute atomic E-state index is 12.8. The first-order valence-electron chi connectivity index (χ1n) is 7.19. The Morgan fingerprint density at radius 1 is 1.19 bits per heavy atom. The molecule has 2 aromatic heterocycles. The number of halogens is 2. The molecule has 0 spiro atoms. The van der Waals surface area contributed by atoms with Crippen LogP contribution >= 0.6 is 11.3 Å². The average molecular weight is 398 g/mol. The highest BCUT2D eigenvalue weighted by Crippen LogP contribution is 2.28. The van der Waals surface area contributed by atoms with Gasteiger partial charge in [-0.1, -0.05) is 11.3 Å². The van der Waals surface area contributed by atoms with E-state index >= 15 is 0 Å². The molecular formula is C15H12F2N4O3S2. The fraction of sp³-hybridized carbons (Fsp3) is 0.200. The lowest BCUT2D eigenvalue weighted by Crippen LogP contribution is -2.15. The minimum absolute atomic E-state index is 0.0510. The SMILES string of the molecule is Cc1nc(C(=O)Nc2nc3ccc(S(C)(=O)=O)cc3s2)cc(C(F)F)n1. The summed E-state index contributed by atoms with van der Waals surface area (Å²) in [7, 11) is -3.37. The van der Waals surface area contributed by atoms with Crippen molar-refractivity contribution in [3.05, 3.63) is 41.5 Å². The maximum atomic E-state index is 12.8. The van der Waals surface area contributed by atoms with Crippen molar-refractivity contribution < 1.29 is 22.0 Å². The molecule has 0 radical (unpaired) electrons. The molecule has 0 atom stereocenters. The molecule has 0 bridgehead atoms. The van der Waals surface area contributed by atoms with Gasteiger partial charge in [-0.15, -0.1) is 0 Å². The number of aromatic nitrogens is 3. The van der Waals surface area contributed by atoms with Crippen molar-refractivity contribution in [1.29, 1.82) is 0 Å². The van der Waals surface area contributed by atoms with Gasteiger partial charge in [-0.2, -0.15) is 0 Å². The van der Waals surface area contributed by atoms with E-state index in [0.717, 1.165) is 23.7 Å². The molecule has 26 heavy (non-hydrogen) atoms. The van der Waals surface area contributed by atoms with Crippen molar-refractivity contribution in [2.24, 2.45) is 0 Å². The van der Waals surface area contributed by atoms with Crippen LogP contribution in [0.25, 0.3) is 10.2 Å². The lowest BCUT2D eigenvalue weighted by molar-refractivity contribution is 0.102. The Balaban J connectivity index is 1.90. The number of fused-ring (bicyclic) bond motifs is 1. The minimum Gasteiger partial charge on any atom is -0.296 e. The maximum Gasteiger partial charge on any atom is 0.280 e. The number of benzene rings is 1. The lowest BCUT2D eigenvalue weighted by atomic mass is 10.3. The van der Waals surface area contributed by atoms with Crippen molar-refractivity contribution >= 4 is 42.4 Å². The zero-order valence-corrected chi connectivity index (χ0v) is 15.2. The molecule has 11 heteroatoms. The molecule has 0 unspecified atom stereocenters. The van der Waals surface area contributed by atoms with E-state index in [1.165, 1.54) is 25.1 Å². The summed E-state index contributed by atoms with van der Waals surface area (Å²) in [6, 6.07) is 5.33. The third kappa shape index (κ3) is 3.83. The van der Waals surface area contributed by atoms with Gasteiger partial charge in [-0.3, -0.25) is 10.1 Å². The third-order valence-electron chi connectivity index (χ3n) is 3.32. The monoisotopic (exact) mass is 398 g/mol. The topological polar surface area (TPSA) is 102 Å². The number of amides is 1. The van der Waals surface area contributed by atoms with Crippen LogP contribution in [0.2, 0.25) is 0 Å². The second kappa shape index (κ2) is 6.65. The molecule has 1 aromatic carbocycles. The van der Waals surface area contributed by atoms with Crippen molar-refractivity contribution in [1.82, 2.24) is 15.0 Å². The van der Waals surface area contributed by atoms with E-state index in [1.807, 2.05) is 0 Å². The molecule has 0 fully saturated rings. The summed E-state index contributed by atoms with van der Waals surface area (Å²) in [5.74, 6) is -0.658. The minimum atomic E-state index is -3.37. The van der Waals surface area contributed by atoms with E-state index in [2.05, 4.69) is 20.3 Å². The zero-order valence-electron chi connectivity index (χ0n) is 13.5. The van der Waals surface area contributed by atoms with E-state index in [9.17, 15) is 22.0 Å². The number of thiazole rings is 1. The van der Waals surface area contributed by atoms with E-state index in [-0.39, 0.29) is 21.5 Å². The molecule has 7 nitrogen and oxygen atoms in total. The number of hydrogen-bond donors (Lipinski definition) is 1. The molecule has 2 heterocycles. The third-order valence-corrected chi connectivity index (χ3v) is 5.37. The van der Waals surface area contributed by atoms with Gasteiger partial charge in [0.05, 0.1) is 15.1 Å². The Kier molecular flexibility index (Phi) is 4.67. The van der Waals surface area contributed by atoms with E-state index in [0.29, 0.717) is 10.2 Å². The summed E-state index contributed by atoms with van der Waals surface area (Å²) < 4.78 is 49.4. The van der Waals surface area contributed by atoms with Gasteiger partial charge >= 0.3 is 0 Å². The van der Waals surface area contributed by atoms with Crippen LogP contribution in [0.4, 0.5) is 13.9 Å². The fourth-order valence-corrected chi connectivity index (χ4v) is 3.79. The summed E-state index contributed by atoms with van der Waals surface area (Å²) in [6.45, 7) is 1.41. The molecule has 1 N–H and O–H groups in total. The lowest BCUT2D eigenvalue weighted by Gasteiger charge is -2.05. The highest BCUT2D eigenvalue weighted by atomic mass is 32.2. The molecule has 0 saturated heterocycles. The number of nitrogens with one attached hydrogen (secondary N) is 1. The number of carbonyl (C=O) groups is 1. The molecule has 3 rings (SSSR count). The number of anilines is 1. The molecule has 3 aromatic rings. The van der Waals surface area contributed by atoms with Crippen LogP contribution in [0.1, 0.15) is 28.4 Å². The van der Waals surface area contributed by atoms with Crippen molar-refractivity contribution in [2.45, 2.75) is 18.2 Å². The number of sulfone groups is 1. The average Bonchev–Trinajstić information content (AvgIpc) is 2.94. The Morgan fingerprint density at radius 3 is 2.58 bits per heavy atom. The van der Waals surface area contributed by atoms with Crippen LogP contribution < -0.4 is 5.32 Å². The van der Waals surface area contributed by atoms with Gasteiger partial charge in [0.25, 0.3) is 12.3 Å². The second-order valence-electron chi connectivity index (χ2n) is 5.40. The van der Waals surface area contributed by atoms with Gasteiger partial charge < -0.3 is 0 Å². The van der Waals surface area contributed by atoms with E-state index in [4.69, 9.17) is 0 Å². The Hall–Kier alpha value is -2.53. The largest absolute Gasteiger partial charge is 0.296 e. The summed E-state index contributed by atoms with van der Waals surface area (Å²) in [6.07, 6.45) is -1.73. The van der Waals surface area contributed by atoms with Crippen LogP contribution in [-0.4, -0.2) is 35.5 Å². The summed E-state index contributed by atoms with van der Waals surface area (Å²) in [5, 5.41) is 2.68. The summed E-state index contributed by atoms with van der Waals surface area (Å²) >= 11 is 1.07. The number of hydrogen-bond acceptors (Lipinski definition) is 7. The van der Waals surface area contributed by atoms with Crippen LogP contribution in [0, 0.1) is 6.92 Å². The predicted molar refractivity (Wildman–Crippen MR) is 92.4 cm³/mol. The fourth-order valence-electron chi connectivity index (χ4n) is 2.17. The van der Waals surface area contributed by atoms with Crippen LogP contribution in [-0.2, 0) is 9.84 Å². The molecular weight excluding hydrogens is 386 g/mol. The number of alkyl halides is 2. The van der Waals surface area contributed by atoms with Gasteiger partial charge in [0.2, 0.25) is 0 Å². The van der Waals surface area contributed by atoms with Crippen molar-refractivity contribution in [2.75, 3.05) is 11.6 Å². The number of aryl methyl sites for hydroxylation is 1.